The normalized spacial score (nSPS) is 11.1. The van der Waals surface area contributed by atoms with Crippen molar-refractivity contribution in [2.75, 3.05) is 7.11 Å². The van der Waals surface area contributed by atoms with E-state index in [0.29, 0.717) is 5.56 Å². The Morgan fingerprint density at radius 3 is 2.82 bits per heavy atom. The SMILES string of the molecule is COC(=O)c1cccc2c(-c3cc4ccccc4s3)c[nH]c12. The number of esters is 1. The van der Waals surface area contributed by atoms with E-state index in [-0.39, 0.29) is 5.97 Å². The van der Waals surface area contributed by atoms with Gasteiger partial charge >= 0.3 is 5.97 Å². The van der Waals surface area contributed by atoms with E-state index in [1.165, 1.54) is 22.1 Å². The number of aromatic amines is 1. The lowest BCUT2D eigenvalue weighted by atomic mass is 10.1. The molecule has 0 saturated carbocycles. The highest BCUT2D eigenvalue weighted by Crippen LogP contribution is 2.37. The highest BCUT2D eigenvalue weighted by atomic mass is 32.1. The van der Waals surface area contributed by atoms with Gasteiger partial charge in [-0.25, -0.2) is 4.79 Å². The minimum atomic E-state index is -0.324. The minimum absolute atomic E-state index is 0.324. The molecule has 22 heavy (non-hydrogen) atoms. The highest BCUT2D eigenvalue weighted by molar-refractivity contribution is 7.22. The number of aromatic nitrogens is 1. The van der Waals surface area contributed by atoms with Gasteiger partial charge < -0.3 is 9.72 Å². The van der Waals surface area contributed by atoms with Crippen molar-refractivity contribution in [3.63, 3.8) is 0 Å². The molecular weight excluding hydrogens is 294 g/mol. The molecular formula is C18H13NO2S. The standard InChI is InChI=1S/C18H13NO2S/c1-21-18(20)13-7-4-6-12-14(10-19-17(12)13)16-9-11-5-2-3-8-15(11)22-16/h2-10,19H,1H3. The van der Waals surface area contributed by atoms with Crippen LogP contribution in [0.5, 0.6) is 0 Å². The number of carbonyl (C=O) groups is 1. The topological polar surface area (TPSA) is 42.1 Å². The lowest BCUT2D eigenvalue weighted by molar-refractivity contribution is 0.0603. The number of nitrogens with one attached hydrogen (secondary N) is 1. The molecule has 4 aromatic rings. The maximum Gasteiger partial charge on any atom is 0.339 e. The number of para-hydroxylation sites is 1. The summed E-state index contributed by atoms with van der Waals surface area (Å²) in [7, 11) is 1.40. The fourth-order valence-electron chi connectivity index (χ4n) is 2.75. The third kappa shape index (κ3) is 1.92. The third-order valence-corrected chi connectivity index (χ3v) is 4.96. The molecule has 108 valence electrons. The molecule has 2 heterocycles. The van der Waals surface area contributed by atoms with Crippen LogP contribution in [-0.2, 0) is 4.74 Å². The molecule has 4 heteroatoms. The Balaban J connectivity index is 1.94. The van der Waals surface area contributed by atoms with Crippen LogP contribution in [0.4, 0.5) is 0 Å². The molecule has 0 radical (unpaired) electrons. The number of thiophene rings is 1. The van der Waals surface area contributed by atoms with E-state index < -0.39 is 0 Å². The number of rotatable bonds is 2. The maximum atomic E-state index is 11.9. The molecule has 0 saturated heterocycles. The van der Waals surface area contributed by atoms with Gasteiger partial charge in [0.1, 0.15) is 0 Å². The second-order valence-electron chi connectivity index (χ2n) is 5.07. The number of methoxy groups -OCH3 is 1. The molecule has 3 nitrogen and oxygen atoms in total. The lowest BCUT2D eigenvalue weighted by Crippen LogP contribution is -2.01. The number of benzene rings is 2. The summed E-state index contributed by atoms with van der Waals surface area (Å²) in [6, 6.07) is 16.2. The van der Waals surface area contributed by atoms with Crippen molar-refractivity contribution in [3.8, 4) is 10.4 Å². The van der Waals surface area contributed by atoms with Crippen LogP contribution in [0.1, 0.15) is 10.4 Å². The monoisotopic (exact) mass is 307 g/mol. The second kappa shape index (κ2) is 5.00. The van der Waals surface area contributed by atoms with Crippen molar-refractivity contribution in [3.05, 3.63) is 60.3 Å². The Hall–Kier alpha value is -2.59. The number of fused-ring (bicyclic) bond motifs is 2. The predicted molar refractivity (Wildman–Crippen MR) is 90.5 cm³/mol. The zero-order valence-corrected chi connectivity index (χ0v) is 12.7. The third-order valence-electron chi connectivity index (χ3n) is 3.81. The molecule has 0 aliphatic rings. The second-order valence-corrected chi connectivity index (χ2v) is 6.15. The quantitative estimate of drug-likeness (QED) is 0.539. The summed E-state index contributed by atoms with van der Waals surface area (Å²) in [5, 5.41) is 2.27. The summed E-state index contributed by atoms with van der Waals surface area (Å²) in [5.74, 6) is -0.324. The largest absolute Gasteiger partial charge is 0.465 e. The summed E-state index contributed by atoms with van der Waals surface area (Å²) in [6.07, 6.45) is 1.96. The van der Waals surface area contributed by atoms with Gasteiger partial charge in [0.05, 0.1) is 18.2 Å². The summed E-state index contributed by atoms with van der Waals surface area (Å²) < 4.78 is 6.11. The number of ether oxygens (including phenoxy) is 1. The van der Waals surface area contributed by atoms with Gasteiger partial charge in [0, 0.05) is 26.7 Å². The van der Waals surface area contributed by atoms with E-state index in [9.17, 15) is 4.79 Å². The van der Waals surface area contributed by atoms with E-state index in [0.717, 1.165) is 16.5 Å². The van der Waals surface area contributed by atoms with Crippen molar-refractivity contribution in [1.29, 1.82) is 0 Å². The molecule has 0 atom stereocenters. The zero-order chi connectivity index (χ0) is 15.1. The van der Waals surface area contributed by atoms with Crippen molar-refractivity contribution in [2.45, 2.75) is 0 Å². The van der Waals surface area contributed by atoms with Gasteiger partial charge in [0.2, 0.25) is 0 Å². The van der Waals surface area contributed by atoms with Crippen LogP contribution in [0.15, 0.2) is 54.7 Å². The Kier molecular flexibility index (Phi) is 2.98. The minimum Gasteiger partial charge on any atom is -0.465 e. The van der Waals surface area contributed by atoms with Crippen LogP contribution in [0.3, 0.4) is 0 Å². The summed E-state index contributed by atoms with van der Waals surface area (Å²) >= 11 is 1.75. The van der Waals surface area contributed by atoms with Crippen LogP contribution in [0, 0.1) is 0 Å². The predicted octanol–water partition coefficient (Wildman–Crippen LogP) is 4.84. The molecule has 0 bridgehead atoms. The average Bonchev–Trinajstić information content (AvgIpc) is 3.16. The molecule has 0 aliphatic carbocycles. The van der Waals surface area contributed by atoms with Crippen molar-refractivity contribution >= 4 is 38.3 Å². The highest BCUT2D eigenvalue weighted by Gasteiger charge is 2.15. The fraction of sp³-hybridized carbons (Fsp3) is 0.0556. The van der Waals surface area contributed by atoms with Gasteiger partial charge in [0.25, 0.3) is 0 Å². The molecule has 4 rings (SSSR count). The van der Waals surface area contributed by atoms with E-state index >= 15 is 0 Å². The van der Waals surface area contributed by atoms with Gasteiger partial charge in [-0.3, -0.25) is 0 Å². The Bertz CT molecular complexity index is 964. The first-order valence-electron chi connectivity index (χ1n) is 6.95. The van der Waals surface area contributed by atoms with Gasteiger partial charge in [-0.1, -0.05) is 30.3 Å². The molecule has 0 aliphatic heterocycles. The number of hydrogen-bond donors (Lipinski definition) is 1. The molecule has 0 fully saturated rings. The van der Waals surface area contributed by atoms with Crippen molar-refractivity contribution < 1.29 is 9.53 Å². The molecule has 0 amide bonds. The van der Waals surface area contributed by atoms with Gasteiger partial charge in [-0.2, -0.15) is 0 Å². The molecule has 2 aromatic carbocycles. The van der Waals surface area contributed by atoms with E-state index in [1.807, 2.05) is 30.5 Å². The first kappa shape index (κ1) is 13.1. The molecule has 2 aromatic heterocycles. The first-order valence-corrected chi connectivity index (χ1v) is 7.77. The molecule has 1 N–H and O–H groups in total. The first-order chi connectivity index (χ1) is 10.8. The summed E-state index contributed by atoms with van der Waals surface area (Å²) in [6.45, 7) is 0. The lowest BCUT2D eigenvalue weighted by Gasteiger charge is -2.01. The molecule has 0 unspecified atom stereocenters. The summed E-state index contributed by atoms with van der Waals surface area (Å²) in [5.41, 5.74) is 2.50. The average molecular weight is 307 g/mol. The smallest absolute Gasteiger partial charge is 0.339 e. The van der Waals surface area contributed by atoms with Crippen molar-refractivity contribution in [1.82, 2.24) is 4.98 Å². The van der Waals surface area contributed by atoms with Crippen LogP contribution in [0.2, 0.25) is 0 Å². The fourth-order valence-corrected chi connectivity index (χ4v) is 3.85. The molecule has 0 spiro atoms. The number of H-pyrrole nitrogens is 1. The van der Waals surface area contributed by atoms with Gasteiger partial charge in [0.15, 0.2) is 0 Å². The Morgan fingerprint density at radius 1 is 1.14 bits per heavy atom. The van der Waals surface area contributed by atoms with Gasteiger partial charge in [-0.15, -0.1) is 11.3 Å². The van der Waals surface area contributed by atoms with E-state index in [1.54, 1.807) is 17.4 Å². The summed E-state index contributed by atoms with van der Waals surface area (Å²) in [4.78, 5) is 16.3. The van der Waals surface area contributed by atoms with E-state index in [4.69, 9.17) is 4.74 Å². The van der Waals surface area contributed by atoms with Crippen molar-refractivity contribution in [2.24, 2.45) is 0 Å². The Labute approximate surface area is 131 Å². The maximum absolute atomic E-state index is 11.9. The van der Waals surface area contributed by atoms with Crippen LogP contribution >= 0.6 is 11.3 Å². The van der Waals surface area contributed by atoms with Crippen LogP contribution in [-0.4, -0.2) is 18.1 Å². The van der Waals surface area contributed by atoms with E-state index in [2.05, 4.69) is 23.2 Å². The van der Waals surface area contributed by atoms with Gasteiger partial charge in [-0.05, 0) is 23.6 Å². The Morgan fingerprint density at radius 2 is 2.00 bits per heavy atom. The number of hydrogen-bond acceptors (Lipinski definition) is 3. The number of carbonyl (C=O) groups excluding carboxylic acids is 1. The zero-order valence-electron chi connectivity index (χ0n) is 11.9. The van der Waals surface area contributed by atoms with Crippen LogP contribution < -0.4 is 0 Å². The van der Waals surface area contributed by atoms with Crippen LogP contribution in [0.25, 0.3) is 31.4 Å².